The Kier molecular flexibility index (Phi) is 7.10. The molecule has 0 fully saturated rings. The van der Waals surface area contributed by atoms with Crippen LogP contribution in [-0.4, -0.2) is 44.7 Å². The fourth-order valence-electron chi connectivity index (χ4n) is 3.79. The number of methoxy groups -OCH3 is 1. The van der Waals surface area contributed by atoms with Gasteiger partial charge in [-0.3, -0.25) is 4.98 Å². The van der Waals surface area contributed by atoms with Gasteiger partial charge in [0.05, 0.1) is 18.7 Å². The van der Waals surface area contributed by atoms with Gasteiger partial charge in [0.2, 0.25) is 0 Å². The summed E-state index contributed by atoms with van der Waals surface area (Å²) in [6, 6.07) is 7.59. The van der Waals surface area contributed by atoms with Crippen LogP contribution in [0.15, 0.2) is 60.0 Å². The van der Waals surface area contributed by atoms with Gasteiger partial charge in [-0.2, -0.15) is 13.2 Å². The van der Waals surface area contributed by atoms with Crippen LogP contribution in [0.2, 0.25) is 0 Å². The SMILES string of the molecule is COc1c(F)ccc(C(Nc2cccc3nc(C)ccc23)C(O)(CSc2ncc[nH]2)C(F)(F)F)c1F. The molecule has 0 amide bonds. The van der Waals surface area contributed by atoms with Gasteiger partial charge >= 0.3 is 6.18 Å². The van der Waals surface area contributed by atoms with E-state index >= 15 is 4.39 Å². The number of pyridine rings is 1. The number of aromatic nitrogens is 3. The lowest BCUT2D eigenvalue weighted by atomic mass is 9.88. The zero-order valence-corrected chi connectivity index (χ0v) is 19.8. The highest BCUT2D eigenvalue weighted by atomic mass is 32.2. The van der Waals surface area contributed by atoms with Gasteiger partial charge in [-0.05, 0) is 37.3 Å². The summed E-state index contributed by atoms with van der Waals surface area (Å²) in [5.74, 6) is -4.28. The number of nitrogens with zero attached hydrogens (tertiary/aromatic N) is 2. The van der Waals surface area contributed by atoms with Gasteiger partial charge in [-0.1, -0.05) is 23.9 Å². The van der Waals surface area contributed by atoms with E-state index in [-0.39, 0.29) is 10.8 Å². The molecule has 0 aliphatic rings. The lowest BCUT2D eigenvalue weighted by molar-refractivity contribution is -0.256. The smallest absolute Gasteiger partial charge is 0.420 e. The van der Waals surface area contributed by atoms with Crippen LogP contribution < -0.4 is 10.1 Å². The second-order valence-electron chi connectivity index (χ2n) is 7.99. The molecule has 0 radical (unpaired) electrons. The van der Waals surface area contributed by atoms with E-state index < -0.39 is 46.5 Å². The molecule has 12 heteroatoms. The third kappa shape index (κ3) is 4.82. The number of alkyl halides is 3. The van der Waals surface area contributed by atoms with Crippen molar-refractivity contribution >= 4 is 28.4 Å². The normalized spacial score (nSPS) is 14.4. The summed E-state index contributed by atoms with van der Waals surface area (Å²) in [5, 5.41) is 14.5. The molecule has 2 aromatic heterocycles. The highest BCUT2D eigenvalue weighted by Crippen LogP contribution is 2.46. The Balaban J connectivity index is 1.89. The molecule has 0 spiro atoms. The minimum atomic E-state index is -5.24. The Bertz CT molecular complexity index is 1370. The van der Waals surface area contributed by atoms with Crippen molar-refractivity contribution in [3.63, 3.8) is 0 Å². The number of ether oxygens (including phenoxy) is 1. The molecule has 0 aliphatic heterocycles. The number of hydrogen-bond acceptors (Lipinski definition) is 6. The maximum Gasteiger partial charge on any atom is 0.420 e. The number of aryl methyl sites for hydroxylation is 1. The number of fused-ring (bicyclic) bond motifs is 1. The summed E-state index contributed by atoms with van der Waals surface area (Å²) >= 11 is 0.602. The first-order chi connectivity index (χ1) is 17.0. The summed E-state index contributed by atoms with van der Waals surface area (Å²) < 4.78 is 77.9. The van der Waals surface area contributed by atoms with Crippen molar-refractivity contribution in [2.75, 3.05) is 18.2 Å². The van der Waals surface area contributed by atoms with Gasteiger partial charge in [-0.15, -0.1) is 0 Å². The van der Waals surface area contributed by atoms with Crippen LogP contribution in [-0.2, 0) is 0 Å². The van der Waals surface area contributed by atoms with Gasteiger partial charge in [0, 0.05) is 40.5 Å². The molecule has 36 heavy (non-hydrogen) atoms. The Labute approximate surface area is 206 Å². The Hall–Kier alpha value is -3.38. The molecule has 0 bridgehead atoms. The van der Waals surface area contributed by atoms with Crippen LogP contribution in [0.4, 0.5) is 27.6 Å². The molecule has 3 N–H and O–H groups in total. The molecule has 2 heterocycles. The number of imidazole rings is 1. The zero-order valence-electron chi connectivity index (χ0n) is 19.0. The number of halogens is 5. The Morgan fingerprint density at radius 2 is 1.92 bits per heavy atom. The average Bonchev–Trinajstić information content (AvgIpc) is 3.35. The number of aliphatic hydroxyl groups is 1. The zero-order chi connectivity index (χ0) is 26.1. The highest BCUT2D eigenvalue weighted by molar-refractivity contribution is 7.99. The van der Waals surface area contributed by atoms with E-state index in [1.807, 2.05) is 0 Å². The lowest BCUT2D eigenvalue weighted by Crippen LogP contribution is -2.55. The molecule has 2 aromatic carbocycles. The number of thioether (sulfide) groups is 1. The molecular formula is C24H21F5N4O2S. The van der Waals surface area contributed by atoms with E-state index in [2.05, 4.69) is 20.3 Å². The van der Waals surface area contributed by atoms with Crippen LogP contribution in [0.5, 0.6) is 5.75 Å². The maximum atomic E-state index is 15.4. The van der Waals surface area contributed by atoms with Crippen molar-refractivity contribution in [2.24, 2.45) is 0 Å². The van der Waals surface area contributed by atoms with Crippen molar-refractivity contribution in [1.29, 1.82) is 0 Å². The molecule has 6 nitrogen and oxygen atoms in total. The van der Waals surface area contributed by atoms with Crippen LogP contribution in [0.3, 0.4) is 0 Å². The number of rotatable bonds is 8. The van der Waals surface area contributed by atoms with Gasteiger partial charge in [-0.25, -0.2) is 13.8 Å². The quantitative estimate of drug-likeness (QED) is 0.200. The largest absolute Gasteiger partial charge is 0.491 e. The maximum absolute atomic E-state index is 15.4. The van der Waals surface area contributed by atoms with Gasteiger partial charge in [0.25, 0.3) is 0 Å². The van der Waals surface area contributed by atoms with Crippen LogP contribution in [0.1, 0.15) is 17.3 Å². The van der Waals surface area contributed by atoms with Crippen LogP contribution in [0.25, 0.3) is 10.9 Å². The first kappa shape index (κ1) is 25.7. The Morgan fingerprint density at radius 1 is 1.14 bits per heavy atom. The third-order valence-electron chi connectivity index (χ3n) is 5.64. The summed E-state index contributed by atoms with van der Waals surface area (Å²) in [6.45, 7) is 1.76. The summed E-state index contributed by atoms with van der Waals surface area (Å²) in [4.78, 5) is 10.9. The minimum Gasteiger partial charge on any atom is -0.491 e. The number of hydrogen-bond donors (Lipinski definition) is 3. The number of aromatic amines is 1. The number of anilines is 1. The van der Waals surface area contributed by atoms with E-state index in [1.165, 1.54) is 18.5 Å². The summed E-state index contributed by atoms with van der Waals surface area (Å²) in [7, 11) is 0.995. The molecule has 4 aromatic rings. The standard InChI is InChI=1S/C24H21F5N4O2S/c1-13-6-7-14-17(32-13)4-3-5-18(14)33-21(15-8-9-16(25)20(35-2)19(15)26)23(34,24(27,28)29)12-36-22-30-10-11-31-22/h3-11,21,33-34H,12H2,1-2H3,(H,30,31). The molecule has 0 aliphatic carbocycles. The topological polar surface area (TPSA) is 83.1 Å². The molecule has 2 unspecified atom stereocenters. The van der Waals surface area contributed by atoms with Crippen molar-refractivity contribution in [2.45, 2.75) is 29.9 Å². The van der Waals surface area contributed by atoms with Crippen molar-refractivity contribution in [1.82, 2.24) is 15.0 Å². The summed E-state index contributed by atoms with van der Waals surface area (Å²) in [5.41, 5.74) is -2.83. The predicted octanol–water partition coefficient (Wildman–Crippen LogP) is 5.79. The van der Waals surface area contributed by atoms with Gasteiger partial charge in [0.15, 0.2) is 28.1 Å². The van der Waals surface area contributed by atoms with E-state index in [0.29, 0.717) is 28.4 Å². The second kappa shape index (κ2) is 9.94. The van der Waals surface area contributed by atoms with Crippen LogP contribution >= 0.6 is 11.8 Å². The monoisotopic (exact) mass is 524 g/mol. The fraction of sp³-hybridized carbons (Fsp3) is 0.250. The van der Waals surface area contributed by atoms with E-state index in [1.54, 1.807) is 31.2 Å². The second-order valence-corrected chi connectivity index (χ2v) is 8.96. The number of nitrogens with one attached hydrogen (secondary N) is 2. The van der Waals surface area contributed by atoms with Crippen molar-refractivity contribution < 1.29 is 31.8 Å². The molecule has 4 rings (SSSR count). The first-order valence-corrected chi connectivity index (χ1v) is 11.6. The number of benzene rings is 2. The molecule has 0 saturated heterocycles. The van der Waals surface area contributed by atoms with Crippen molar-refractivity contribution in [3.05, 3.63) is 77.8 Å². The highest BCUT2D eigenvalue weighted by Gasteiger charge is 2.60. The van der Waals surface area contributed by atoms with Crippen LogP contribution in [0, 0.1) is 18.6 Å². The minimum absolute atomic E-state index is 0.124. The molecule has 2 atom stereocenters. The van der Waals surface area contributed by atoms with E-state index in [9.17, 15) is 22.7 Å². The first-order valence-electron chi connectivity index (χ1n) is 10.6. The molecule has 190 valence electrons. The summed E-state index contributed by atoms with van der Waals surface area (Å²) in [6.07, 6.45) is -2.47. The van der Waals surface area contributed by atoms with E-state index in [0.717, 1.165) is 19.2 Å². The molecular weight excluding hydrogens is 503 g/mol. The Morgan fingerprint density at radius 3 is 2.58 bits per heavy atom. The third-order valence-corrected chi connectivity index (χ3v) is 6.72. The lowest BCUT2D eigenvalue weighted by Gasteiger charge is -2.39. The van der Waals surface area contributed by atoms with Gasteiger partial charge < -0.3 is 20.1 Å². The predicted molar refractivity (Wildman–Crippen MR) is 126 cm³/mol. The van der Waals surface area contributed by atoms with Crippen molar-refractivity contribution in [3.8, 4) is 5.75 Å². The number of H-pyrrole nitrogens is 1. The fourth-order valence-corrected chi connectivity index (χ4v) is 4.76. The van der Waals surface area contributed by atoms with E-state index in [4.69, 9.17) is 4.74 Å². The van der Waals surface area contributed by atoms with Gasteiger partial charge in [0.1, 0.15) is 0 Å². The molecule has 0 saturated carbocycles. The average molecular weight is 525 g/mol.